The smallest absolute Gasteiger partial charge is 0.408 e. The van der Waals surface area contributed by atoms with Crippen LogP contribution < -0.4 is 10.6 Å². The first-order valence-corrected chi connectivity index (χ1v) is 12.7. The Hall–Kier alpha value is -4.57. The van der Waals surface area contributed by atoms with Crippen LogP contribution in [0.25, 0.3) is 0 Å². The van der Waals surface area contributed by atoms with Crippen molar-refractivity contribution in [3.05, 3.63) is 101 Å². The van der Waals surface area contributed by atoms with Crippen LogP contribution in [-0.4, -0.2) is 41.5 Å². The number of aryl methyl sites for hydroxylation is 1. The second-order valence-electron chi connectivity index (χ2n) is 10.3. The minimum Gasteiger partial charge on any atom is -0.444 e. The summed E-state index contributed by atoms with van der Waals surface area (Å²) in [7, 11) is 1.55. The monoisotopic (exact) mass is 525 g/mol. The third kappa shape index (κ3) is 8.21. The van der Waals surface area contributed by atoms with Crippen LogP contribution in [-0.2, 0) is 20.7 Å². The Bertz CT molecular complexity index is 1340. The summed E-state index contributed by atoms with van der Waals surface area (Å²) in [6.07, 6.45) is 5.02. The standard InChI is InChI=1S/C32H35N3O4/c1-7-23-17-19-25(20-18-23)28(29(36)33-26-16-12-11-13-22(26)2)35(6)30(37)27(21-24-14-9-8-10-15-24)34-31(38)39-32(3,4)5/h1,8-20,27-28H,21H2,2-6H3,(H,33,36)(H,34,38). The highest BCUT2D eigenvalue weighted by atomic mass is 16.6. The molecule has 7 nitrogen and oxygen atoms in total. The van der Waals surface area contributed by atoms with E-state index in [9.17, 15) is 14.4 Å². The summed E-state index contributed by atoms with van der Waals surface area (Å²) in [6, 6.07) is 21.7. The summed E-state index contributed by atoms with van der Waals surface area (Å²) >= 11 is 0. The molecule has 0 saturated carbocycles. The van der Waals surface area contributed by atoms with Crippen LogP contribution in [0.1, 0.15) is 49.1 Å². The number of para-hydroxylation sites is 1. The molecule has 3 aromatic rings. The highest BCUT2D eigenvalue weighted by Gasteiger charge is 2.34. The zero-order valence-electron chi connectivity index (χ0n) is 23.0. The molecule has 0 spiro atoms. The fraction of sp³-hybridized carbons (Fsp3) is 0.281. The van der Waals surface area contributed by atoms with Crippen molar-refractivity contribution in [1.82, 2.24) is 10.2 Å². The molecule has 3 amide bonds. The summed E-state index contributed by atoms with van der Waals surface area (Å²) in [5.74, 6) is 1.72. The van der Waals surface area contributed by atoms with E-state index in [1.54, 1.807) is 58.2 Å². The van der Waals surface area contributed by atoms with Gasteiger partial charge in [-0.2, -0.15) is 0 Å². The molecule has 2 unspecified atom stereocenters. The summed E-state index contributed by atoms with van der Waals surface area (Å²) in [4.78, 5) is 41.7. The predicted octanol–water partition coefficient (Wildman–Crippen LogP) is 5.25. The van der Waals surface area contributed by atoms with E-state index in [1.807, 2.05) is 55.5 Å². The molecule has 0 aliphatic carbocycles. The molecule has 0 aliphatic rings. The minimum atomic E-state index is -0.998. The second-order valence-corrected chi connectivity index (χ2v) is 10.3. The number of terminal acetylenes is 1. The van der Waals surface area contributed by atoms with Gasteiger partial charge in [-0.15, -0.1) is 6.42 Å². The molecular formula is C32H35N3O4. The van der Waals surface area contributed by atoms with Gasteiger partial charge in [-0.05, 0) is 62.6 Å². The van der Waals surface area contributed by atoms with Crippen molar-refractivity contribution in [2.24, 2.45) is 0 Å². The maximum atomic E-state index is 14.0. The Morgan fingerprint density at radius 2 is 1.56 bits per heavy atom. The number of carbonyl (C=O) groups is 3. The summed E-state index contributed by atoms with van der Waals surface area (Å²) in [6.45, 7) is 7.14. The van der Waals surface area contributed by atoms with E-state index >= 15 is 0 Å². The number of alkyl carbamates (subject to hydrolysis) is 1. The van der Waals surface area contributed by atoms with Gasteiger partial charge in [0.05, 0.1) is 0 Å². The molecular weight excluding hydrogens is 490 g/mol. The Kier molecular flexibility index (Phi) is 9.51. The number of nitrogens with zero attached hydrogens (tertiary/aromatic N) is 1. The molecule has 0 radical (unpaired) electrons. The molecule has 0 aromatic heterocycles. The molecule has 0 saturated heterocycles. The van der Waals surface area contributed by atoms with Crippen molar-refractivity contribution in [3.63, 3.8) is 0 Å². The van der Waals surface area contributed by atoms with E-state index in [0.29, 0.717) is 16.8 Å². The number of rotatable bonds is 8. The topological polar surface area (TPSA) is 87.7 Å². The van der Waals surface area contributed by atoms with Crippen molar-refractivity contribution in [3.8, 4) is 12.3 Å². The quantitative estimate of drug-likeness (QED) is 0.393. The first-order valence-electron chi connectivity index (χ1n) is 12.7. The lowest BCUT2D eigenvalue weighted by atomic mass is 10.00. The first-order chi connectivity index (χ1) is 18.5. The number of nitrogens with one attached hydrogen (secondary N) is 2. The molecule has 0 heterocycles. The lowest BCUT2D eigenvalue weighted by Crippen LogP contribution is -2.52. The van der Waals surface area contributed by atoms with Crippen molar-refractivity contribution < 1.29 is 19.1 Å². The zero-order chi connectivity index (χ0) is 28.6. The average molecular weight is 526 g/mol. The van der Waals surface area contributed by atoms with E-state index in [-0.39, 0.29) is 6.42 Å². The third-order valence-corrected chi connectivity index (χ3v) is 6.05. The van der Waals surface area contributed by atoms with E-state index < -0.39 is 35.6 Å². The molecule has 3 aromatic carbocycles. The number of carbonyl (C=O) groups excluding carboxylic acids is 3. The van der Waals surface area contributed by atoms with Gasteiger partial charge >= 0.3 is 6.09 Å². The first kappa shape index (κ1) is 29.0. The van der Waals surface area contributed by atoms with Gasteiger partial charge in [-0.3, -0.25) is 9.59 Å². The van der Waals surface area contributed by atoms with Crippen molar-refractivity contribution in [2.75, 3.05) is 12.4 Å². The molecule has 2 N–H and O–H groups in total. The molecule has 0 aliphatic heterocycles. The third-order valence-electron chi connectivity index (χ3n) is 6.05. The van der Waals surface area contributed by atoms with Gasteiger partial charge in [0.2, 0.25) is 5.91 Å². The number of amides is 3. The lowest BCUT2D eigenvalue weighted by Gasteiger charge is -2.32. The molecule has 0 fully saturated rings. The maximum absolute atomic E-state index is 14.0. The van der Waals surface area contributed by atoms with Crippen LogP contribution in [0.5, 0.6) is 0 Å². The summed E-state index contributed by atoms with van der Waals surface area (Å²) in [5, 5.41) is 5.66. The fourth-order valence-electron chi connectivity index (χ4n) is 4.10. The largest absolute Gasteiger partial charge is 0.444 e. The lowest BCUT2D eigenvalue weighted by molar-refractivity contribution is -0.139. The number of hydrogen-bond acceptors (Lipinski definition) is 4. The van der Waals surface area contributed by atoms with E-state index in [4.69, 9.17) is 11.2 Å². The molecule has 7 heteroatoms. The number of anilines is 1. The van der Waals surface area contributed by atoms with Gasteiger partial charge in [0.25, 0.3) is 5.91 Å². The van der Waals surface area contributed by atoms with Crippen LogP contribution >= 0.6 is 0 Å². The normalized spacial score (nSPS) is 12.4. The Morgan fingerprint density at radius 1 is 0.949 bits per heavy atom. The summed E-state index contributed by atoms with van der Waals surface area (Å²) in [5.41, 5.74) is 2.85. The minimum absolute atomic E-state index is 0.214. The van der Waals surface area contributed by atoms with Crippen molar-refractivity contribution in [1.29, 1.82) is 0 Å². The molecule has 3 rings (SSSR count). The van der Waals surface area contributed by atoms with Gasteiger partial charge in [0, 0.05) is 24.7 Å². The Morgan fingerprint density at radius 3 is 2.15 bits per heavy atom. The van der Waals surface area contributed by atoms with Crippen LogP contribution in [0.2, 0.25) is 0 Å². The van der Waals surface area contributed by atoms with Crippen LogP contribution in [0.15, 0.2) is 78.9 Å². The predicted molar refractivity (Wildman–Crippen MR) is 153 cm³/mol. The van der Waals surface area contributed by atoms with Crippen LogP contribution in [0, 0.1) is 19.3 Å². The maximum Gasteiger partial charge on any atom is 0.408 e. The number of hydrogen-bond donors (Lipinski definition) is 2. The number of ether oxygens (including phenoxy) is 1. The summed E-state index contributed by atoms with van der Waals surface area (Å²) < 4.78 is 5.43. The molecule has 0 bridgehead atoms. The molecule has 39 heavy (non-hydrogen) atoms. The van der Waals surface area contributed by atoms with Gasteiger partial charge < -0.3 is 20.3 Å². The fourth-order valence-corrected chi connectivity index (χ4v) is 4.10. The van der Waals surface area contributed by atoms with Crippen LogP contribution in [0.3, 0.4) is 0 Å². The van der Waals surface area contributed by atoms with E-state index in [1.165, 1.54) is 4.90 Å². The van der Waals surface area contributed by atoms with E-state index in [2.05, 4.69) is 16.6 Å². The van der Waals surface area contributed by atoms with Gasteiger partial charge in [-0.1, -0.05) is 66.6 Å². The van der Waals surface area contributed by atoms with Gasteiger partial charge in [0.1, 0.15) is 17.7 Å². The van der Waals surface area contributed by atoms with Gasteiger partial charge in [-0.25, -0.2) is 4.79 Å². The molecule has 2 atom stereocenters. The number of benzene rings is 3. The van der Waals surface area contributed by atoms with Crippen LogP contribution in [0.4, 0.5) is 10.5 Å². The van der Waals surface area contributed by atoms with E-state index in [0.717, 1.165) is 11.1 Å². The highest BCUT2D eigenvalue weighted by Crippen LogP contribution is 2.25. The molecule has 202 valence electrons. The SMILES string of the molecule is C#Cc1ccc(C(C(=O)Nc2ccccc2C)N(C)C(=O)C(Cc2ccccc2)NC(=O)OC(C)(C)C)cc1. The zero-order valence-corrected chi connectivity index (χ0v) is 23.0. The highest BCUT2D eigenvalue weighted by molar-refractivity contribution is 5.99. The Balaban J connectivity index is 1.96. The van der Waals surface area contributed by atoms with Crippen molar-refractivity contribution >= 4 is 23.6 Å². The average Bonchev–Trinajstić information content (AvgIpc) is 2.89. The Labute approximate surface area is 230 Å². The van der Waals surface area contributed by atoms with Gasteiger partial charge in [0.15, 0.2) is 0 Å². The van der Waals surface area contributed by atoms with Crippen molar-refractivity contribution in [2.45, 2.75) is 51.8 Å². The number of likely N-dealkylation sites (N-methyl/N-ethyl adjacent to an activating group) is 1. The second kappa shape index (κ2) is 12.8.